The molecule has 0 fully saturated rings. The topological polar surface area (TPSA) is 29.9 Å². The number of nitrogens with one attached hydrogen (secondary N) is 1. The fourth-order valence-electron chi connectivity index (χ4n) is 2.23. The average molecular weight is 289 g/mol. The lowest BCUT2D eigenvalue weighted by Gasteiger charge is -2.16. The summed E-state index contributed by atoms with van der Waals surface area (Å²) < 4.78 is 67.9. The van der Waals surface area contributed by atoms with Crippen molar-refractivity contribution < 1.29 is 22.0 Å². The molecule has 3 rings (SSSR count). The molecule has 2 heterocycles. The molecule has 1 aromatic heterocycles. The maximum atomic E-state index is 13.8. The zero-order valence-electron chi connectivity index (χ0n) is 9.98. The largest absolute Gasteiger partial charge is 0.311 e. The van der Waals surface area contributed by atoms with Crippen LogP contribution >= 0.6 is 0 Å². The number of nitrogens with zero attached hydrogens (tertiary/aromatic N) is 2. The highest BCUT2D eigenvalue weighted by atomic mass is 19.2. The van der Waals surface area contributed by atoms with E-state index >= 15 is 0 Å². The molecule has 0 saturated carbocycles. The van der Waals surface area contributed by atoms with Gasteiger partial charge < -0.3 is 5.32 Å². The molecular weight excluding hydrogens is 281 g/mol. The maximum Gasteiger partial charge on any atom is 0.200 e. The number of rotatable bonds is 1. The van der Waals surface area contributed by atoms with E-state index in [9.17, 15) is 22.0 Å². The molecule has 20 heavy (non-hydrogen) atoms. The zero-order valence-corrected chi connectivity index (χ0v) is 9.98. The van der Waals surface area contributed by atoms with Crippen LogP contribution in [0, 0.1) is 29.1 Å². The fraction of sp³-hybridized carbons (Fsp3) is 0.250. The standard InChI is InChI=1S/C12H8F5N3/c13-7-8(14)10(16)12(11(17)9(7)15)20-4-19-5-3-18-2-1-6(5)20/h4,18H,1-3H2. The van der Waals surface area contributed by atoms with Crippen molar-refractivity contribution in [1.29, 1.82) is 0 Å². The fourth-order valence-corrected chi connectivity index (χ4v) is 2.23. The van der Waals surface area contributed by atoms with Gasteiger partial charge in [-0.1, -0.05) is 0 Å². The highest BCUT2D eigenvalue weighted by Crippen LogP contribution is 2.28. The van der Waals surface area contributed by atoms with E-state index in [1.807, 2.05) is 0 Å². The van der Waals surface area contributed by atoms with Crippen LogP contribution in [0.1, 0.15) is 11.4 Å². The molecule has 0 aliphatic carbocycles. The predicted octanol–water partition coefficient (Wildman–Crippen LogP) is 2.21. The Morgan fingerprint density at radius 3 is 2.20 bits per heavy atom. The van der Waals surface area contributed by atoms with Crippen LogP contribution in [0.3, 0.4) is 0 Å². The molecule has 0 saturated heterocycles. The van der Waals surface area contributed by atoms with Gasteiger partial charge in [-0.2, -0.15) is 0 Å². The molecule has 8 heteroatoms. The third-order valence-electron chi connectivity index (χ3n) is 3.21. The van der Waals surface area contributed by atoms with Gasteiger partial charge in [0.05, 0.1) is 12.0 Å². The Bertz CT molecular complexity index is 666. The van der Waals surface area contributed by atoms with Crippen molar-refractivity contribution in [1.82, 2.24) is 14.9 Å². The van der Waals surface area contributed by atoms with Crippen molar-refractivity contribution in [2.75, 3.05) is 6.54 Å². The maximum absolute atomic E-state index is 13.8. The van der Waals surface area contributed by atoms with Crippen LogP contribution in [0.4, 0.5) is 22.0 Å². The molecule has 2 aromatic rings. The quantitative estimate of drug-likeness (QED) is 0.495. The van der Waals surface area contributed by atoms with Gasteiger partial charge in [0.1, 0.15) is 5.69 Å². The summed E-state index contributed by atoms with van der Waals surface area (Å²) in [6.45, 7) is 0.922. The molecule has 0 radical (unpaired) electrons. The van der Waals surface area contributed by atoms with Crippen molar-refractivity contribution in [2.45, 2.75) is 13.0 Å². The Kier molecular flexibility index (Phi) is 2.97. The molecule has 1 aliphatic heterocycles. The van der Waals surface area contributed by atoms with Crippen molar-refractivity contribution in [2.24, 2.45) is 0 Å². The van der Waals surface area contributed by atoms with Crippen LogP contribution in [0.5, 0.6) is 0 Å². The van der Waals surface area contributed by atoms with Gasteiger partial charge in [-0.25, -0.2) is 26.9 Å². The third kappa shape index (κ3) is 1.71. The van der Waals surface area contributed by atoms with Crippen LogP contribution in [-0.2, 0) is 13.0 Å². The van der Waals surface area contributed by atoms with Crippen LogP contribution in [0.25, 0.3) is 5.69 Å². The SMILES string of the molecule is Fc1c(F)c(F)c(-n2cnc3c2CCNC3)c(F)c1F. The first kappa shape index (κ1) is 13.0. The third-order valence-corrected chi connectivity index (χ3v) is 3.21. The second-order valence-electron chi connectivity index (χ2n) is 4.35. The number of halogens is 5. The molecule has 0 unspecified atom stereocenters. The van der Waals surface area contributed by atoms with Gasteiger partial charge in [0.2, 0.25) is 5.82 Å². The lowest BCUT2D eigenvalue weighted by Crippen LogP contribution is -2.25. The first-order valence-corrected chi connectivity index (χ1v) is 5.80. The number of fused-ring (bicyclic) bond motifs is 1. The smallest absolute Gasteiger partial charge is 0.200 e. The van der Waals surface area contributed by atoms with E-state index in [-0.39, 0.29) is 0 Å². The van der Waals surface area contributed by atoms with Crippen LogP contribution in [0.2, 0.25) is 0 Å². The van der Waals surface area contributed by atoms with Gasteiger partial charge in [-0.3, -0.25) is 4.57 Å². The number of hydrogen-bond acceptors (Lipinski definition) is 2. The minimum absolute atomic E-state index is 0.384. The second kappa shape index (κ2) is 4.55. The van der Waals surface area contributed by atoms with E-state index < -0.39 is 34.8 Å². The molecule has 0 spiro atoms. The second-order valence-corrected chi connectivity index (χ2v) is 4.35. The van der Waals surface area contributed by atoms with E-state index in [0.29, 0.717) is 30.9 Å². The van der Waals surface area contributed by atoms with Crippen molar-refractivity contribution in [3.05, 3.63) is 46.8 Å². The summed E-state index contributed by atoms with van der Waals surface area (Å²) in [6, 6.07) is 0. The first-order chi connectivity index (χ1) is 9.52. The lowest BCUT2D eigenvalue weighted by molar-refractivity contribution is 0.375. The molecule has 0 bridgehead atoms. The van der Waals surface area contributed by atoms with Crippen molar-refractivity contribution in [3.63, 3.8) is 0 Å². The highest BCUT2D eigenvalue weighted by molar-refractivity contribution is 5.40. The van der Waals surface area contributed by atoms with Crippen molar-refractivity contribution >= 4 is 0 Å². The van der Waals surface area contributed by atoms with Gasteiger partial charge in [0.15, 0.2) is 23.3 Å². The highest BCUT2D eigenvalue weighted by Gasteiger charge is 2.29. The number of benzene rings is 1. The van der Waals surface area contributed by atoms with E-state index in [1.54, 1.807) is 0 Å². The minimum atomic E-state index is -2.17. The van der Waals surface area contributed by atoms with Crippen LogP contribution in [0.15, 0.2) is 6.33 Å². The Morgan fingerprint density at radius 1 is 0.950 bits per heavy atom. The van der Waals surface area contributed by atoms with E-state index in [2.05, 4.69) is 10.3 Å². The number of imidazole rings is 1. The van der Waals surface area contributed by atoms with Gasteiger partial charge in [-0.05, 0) is 0 Å². The number of aromatic nitrogens is 2. The first-order valence-electron chi connectivity index (χ1n) is 5.80. The molecule has 106 valence electrons. The molecule has 1 N–H and O–H groups in total. The molecule has 0 amide bonds. The van der Waals surface area contributed by atoms with E-state index in [1.165, 1.54) is 0 Å². The number of hydrogen-bond donors (Lipinski definition) is 1. The summed E-state index contributed by atoms with van der Waals surface area (Å²) in [5.74, 6) is -9.81. The summed E-state index contributed by atoms with van der Waals surface area (Å²) in [5.41, 5.74) is -0.0239. The molecular formula is C12H8F5N3. The Hall–Kier alpha value is -1.96. The van der Waals surface area contributed by atoms with Gasteiger partial charge in [0, 0.05) is 25.2 Å². The van der Waals surface area contributed by atoms with E-state index in [4.69, 9.17) is 0 Å². The van der Waals surface area contributed by atoms with Gasteiger partial charge >= 0.3 is 0 Å². The van der Waals surface area contributed by atoms with Crippen LogP contribution < -0.4 is 5.32 Å². The Labute approximate surface area is 110 Å². The molecule has 1 aliphatic rings. The Balaban J connectivity index is 2.28. The van der Waals surface area contributed by atoms with Gasteiger partial charge in [-0.15, -0.1) is 0 Å². The van der Waals surface area contributed by atoms with E-state index in [0.717, 1.165) is 10.9 Å². The molecule has 0 atom stereocenters. The molecule has 3 nitrogen and oxygen atoms in total. The van der Waals surface area contributed by atoms with Gasteiger partial charge in [0.25, 0.3) is 0 Å². The summed E-state index contributed by atoms with van der Waals surface area (Å²) >= 11 is 0. The molecule has 1 aromatic carbocycles. The average Bonchev–Trinajstić information content (AvgIpc) is 2.87. The summed E-state index contributed by atoms with van der Waals surface area (Å²) in [7, 11) is 0. The Morgan fingerprint density at radius 2 is 1.55 bits per heavy atom. The summed E-state index contributed by atoms with van der Waals surface area (Å²) in [6.07, 6.45) is 1.45. The summed E-state index contributed by atoms with van der Waals surface area (Å²) in [5, 5.41) is 3.00. The predicted molar refractivity (Wildman–Crippen MR) is 58.8 cm³/mol. The monoisotopic (exact) mass is 289 g/mol. The van der Waals surface area contributed by atoms with Crippen molar-refractivity contribution in [3.8, 4) is 5.69 Å². The normalized spacial score (nSPS) is 14.4. The zero-order chi connectivity index (χ0) is 14.4. The lowest BCUT2D eigenvalue weighted by atomic mass is 10.1. The van der Waals surface area contributed by atoms with Crippen LogP contribution in [-0.4, -0.2) is 16.1 Å². The minimum Gasteiger partial charge on any atom is -0.311 e. The summed E-state index contributed by atoms with van der Waals surface area (Å²) in [4.78, 5) is 3.93.